The van der Waals surface area contributed by atoms with Crippen molar-refractivity contribution >= 4 is 40.7 Å². The molecule has 0 unspecified atom stereocenters. The molecule has 2 amide bonds. The Morgan fingerprint density at radius 1 is 0.931 bits per heavy atom. The maximum Gasteiger partial charge on any atom is 0.262 e. The highest BCUT2D eigenvalue weighted by Crippen LogP contribution is 2.29. The second kappa shape index (κ2) is 9.32. The van der Waals surface area contributed by atoms with Gasteiger partial charge in [-0.2, -0.15) is 0 Å². The molecule has 6 nitrogen and oxygen atoms in total. The van der Waals surface area contributed by atoms with Crippen LogP contribution in [-0.4, -0.2) is 18.4 Å². The Balaban J connectivity index is 1.58. The van der Waals surface area contributed by atoms with E-state index >= 15 is 0 Å². The average molecular weight is 431 g/mol. The molecular weight excluding hydrogens is 415 g/mol. The molecule has 0 aliphatic rings. The largest absolute Gasteiger partial charge is 0.483 e. The molecule has 0 fully saturated rings. The third-order valence-electron chi connectivity index (χ3n) is 3.77. The Bertz CT molecular complexity index is 1040. The summed E-state index contributed by atoms with van der Waals surface area (Å²) in [4.78, 5) is 23.6. The first kappa shape index (κ1) is 20.5. The second-order valence-electron chi connectivity index (χ2n) is 5.90. The van der Waals surface area contributed by atoms with Gasteiger partial charge in [-0.1, -0.05) is 35.3 Å². The fourth-order valence-corrected chi connectivity index (χ4v) is 2.76. The van der Waals surface area contributed by atoms with Crippen molar-refractivity contribution < 1.29 is 19.1 Å². The van der Waals surface area contributed by atoms with Crippen LogP contribution in [0.1, 0.15) is 10.4 Å². The number of ether oxygens (including phenoxy) is 2. The van der Waals surface area contributed by atoms with Gasteiger partial charge in [0.15, 0.2) is 6.61 Å². The Kier molecular flexibility index (Phi) is 6.59. The van der Waals surface area contributed by atoms with E-state index in [1.807, 2.05) is 12.1 Å². The number of hydrogen-bond donors (Lipinski definition) is 2. The summed E-state index contributed by atoms with van der Waals surface area (Å²) in [7, 11) is 0. The average Bonchev–Trinajstić information content (AvgIpc) is 2.69. The summed E-state index contributed by atoms with van der Waals surface area (Å²) in [6, 6.07) is 18.2. The summed E-state index contributed by atoms with van der Waals surface area (Å²) in [5.41, 5.74) is 5.98. The van der Waals surface area contributed by atoms with E-state index < -0.39 is 11.8 Å². The van der Waals surface area contributed by atoms with Gasteiger partial charge < -0.3 is 20.5 Å². The van der Waals surface area contributed by atoms with Crippen LogP contribution in [0.25, 0.3) is 0 Å². The third kappa shape index (κ3) is 5.63. The molecule has 3 N–H and O–H groups in total. The molecule has 0 aromatic heterocycles. The van der Waals surface area contributed by atoms with Crippen LogP contribution in [0.3, 0.4) is 0 Å². The van der Waals surface area contributed by atoms with Crippen LogP contribution in [0.15, 0.2) is 66.7 Å². The van der Waals surface area contributed by atoms with E-state index in [0.717, 1.165) is 0 Å². The molecule has 29 heavy (non-hydrogen) atoms. The standard InChI is InChI=1S/C21H16Cl2N2O4/c22-13-5-10-16(21(24)27)19(11-13)28-12-20(26)25-14-6-8-15(9-7-14)29-18-4-2-1-3-17(18)23/h1-11H,12H2,(H2,24,27)(H,25,26). The number of anilines is 1. The van der Waals surface area contributed by atoms with Gasteiger partial charge in [0, 0.05) is 10.7 Å². The van der Waals surface area contributed by atoms with Crippen molar-refractivity contribution in [2.24, 2.45) is 5.73 Å². The lowest BCUT2D eigenvalue weighted by atomic mass is 10.2. The smallest absolute Gasteiger partial charge is 0.262 e. The van der Waals surface area contributed by atoms with Gasteiger partial charge >= 0.3 is 0 Å². The number of amides is 2. The summed E-state index contributed by atoms with van der Waals surface area (Å²) < 4.78 is 11.1. The van der Waals surface area contributed by atoms with Crippen molar-refractivity contribution in [3.05, 3.63) is 82.3 Å². The predicted octanol–water partition coefficient (Wildman–Crippen LogP) is 4.90. The van der Waals surface area contributed by atoms with Crippen molar-refractivity contribution in [3.63, 3.8) is 0 Å². The number of para-hydroxylation sites is 1. The molecule has 3 aromatic rings. The fourth-order valence-electron chi connectivity index (χ4n) is 2.42. The van der Waals surface area contributed by atoms with Crippen LogP contribution in [-0.2, 0) is 4.79 Å². The molecule has 3 rings (SSSR count). The Labute approximate surface area is 177 Å². The topological polar surface area (TPSA) is 90.7 Å². The Morgan fingerprint density at radius 3 is 2.34 bits per heavy atom. The van der Waals surface area contributed by atoms with Crippen molar-refractivity contribution in [3.8, 4) is 17.2 Å². The minimum Gasteiger partial charge on any atom is -0.483 e. The van der Waals surface area contributed by atoms with E-state index in [1.54, 1.807) is 36.4 Å². The van der Waals surface area contributed by atoms with E-state index in [0.29, 0.717) is 27.2 Å². The van der Waals surface area contributed by atoms with Gasteiger partial charge in [-0.3, -0.25) is 9.59 Å². The number of hydrogen-bond acceptors (Lipinski definition) is 4. The summed E-state index contributed by atoms with van der Waals surface area (Å²) >= 11 is 12.0. The molecule has 0 radical (unpaired) electrons. The molecule has 0 spiro atoms. The lowest BCUT2D eigenvalue weighted by molar-refractivity contribution is -0.118. The first-order chi connectivity index (χ1) is 13.9. The van der Waals surface area contributed by atoms with E-state index in [2.05, 4.69) is 5.32 Å². The zero-order valence-corrected chi connectivity index (χ0v) is 16.5. The minimum absolute atomic E-state index is 0.142. The van der Waals surface area contributed by atoms with Gasteiger partial charge in [0.1, 0.15) is 17.2 Å². The van der Waals surface area contributed by atoms with Gasteiger partial charge in [0.25, 0.3) is 11.8 Å². The zero-order chi connectivity index (χ0) is 20.8. The molecule has 3 aromatic carbocycles. The number of nitrogens with two attached hydrogens (primary N) is 1. The van der Waals surface area contributed by atoms with Crippen LogP contribution in [0.5, 0.6) is 17.2 Å². The fraction of sp³-hybridized carbons (Fsp3) is 0.0476. The zero-order valence-electron chi connectivity index (χ0n) is 15.0. The number of carbonyl (C=O) groups excluding carboxylic acids is 2. The monoisotopic (exact) mass is 430 g/mol. The first-order valence-corrected chi connectivity index (χ1v) is 9.22. The van der Waals surface area contributed by atoms with Crippen molar-refractivity contribution in [2.45, 2.75) is 0 Å². The number of rotatable bonds is 7. The molecule has 0 saturated carbocycles. The van der Waals surface area contributed by atoms with Gasteiger partial charge in [-0.05, 0) is 54.6 Å². The molecule has 8 heteroatoms. The Hall–Kier alpha value is -3.22. The molecule has 0 atom stereocenters. The van der Waals surface area contributed by atoms with Gasteiger partial charge in [0.05, 0.1) is 10.6 Å². The summed E-state index contributed by atoms with van der Waals surface area (Å²) in [6.45, 7) is -0.321. The molecule has 0 bridgehead atoms. The number of halogens is 2. The number of primary amides is 1. The van der Waals surface area contributed by atoms with E-state index in [-0.39, 0.29) is 17.9 Å². The van der Waals surface area contributed by atoms with Crippen molar-refractivity contribution in [1.82, 2.24) is 0 Å². The molecule has 0 aliphatic carbocycles. The van der Waals surface area contributed by atoms with Gasteiger partial charge in [-0.15, -0.1) is 0 Å². The molecule has 0 aliphatic heterocycles. The first-order valence-electron chi connectivity index (χ1n) is 8.47. The van der Waals surface area contributed by atoms with E-state index in [9.17, 15) is 9.59 Å². The summed E-state index contributed by atoms with van der Waals surface area (Å²) in [5.74, 6) is 0.151. The van der Waals surface area contributed by atoms with Gasteiger partial charge in [-0.25, -0.2) is 0 Å². The minimum atomic E-state index is -0.675. The van der Waals surface area contributed by atoms with Crippen LogP contribution in [0, 0.1) is 0 Å². The number of benzene rings is 3. The highest BCUT2D eigenvalue weighted by atomic mass is 35.5. The van der Waals surface area contributed by atoms with Crippen molar-refractivity contribution in [1.29, 1.82) is 0 Å². The lowest BCUT2D eigenvalue weighted by Crippen LogP contribution is -2.21. The lowest BCUT2D eigenvalue weighted by Gasteiger charge is -2.11. The van der Waals surface area contributed by atoms with Crippen LogP contribution in [0.2, 0.25) is 10.0 Å². The second-order valence-corrected chi connectivity index (χ2v) is 6.74. The van der Waals surface area contributed by atoms with Crippen LogP contribution >= 0.6 is 23.2 Å². The maximum atomic E-state index is 12.1. The van der Waals surface area contributed by atoms with Crippen LogP contribution in [0.4, 0.5) is 5.69 Å². The van der Waals surface area contributed by atoms with Crippen molar-refractivity contribution in [2.75, 3.05) is 11.9 Å². The van der Waals surface area contributed by atoms with Gasteiger partial charge in [0.2, 0.25) is 0 Å². The predicted molar refractivity (Wildman–Crippen MR) is 112 cm³/mol. The Morgan fingerprint density at radius 2 is 1.66 bits per heavy atom. The third-order valence-corrected chi connectivity index (χ3v) is 4.32. The highest BCUT2D eigenvalue weighted by molar-refractivity contribution is 6.32. The summed E-state index contributed by atoms with van der Waals surface area (Å²) in [5, 5.41) is 3.54. The molecule has 0 saturated heterocycles. The quantitative estimate of drug-likeness (QED) is 0.557. The molecular formula is C21H16Cl2N2O4. The highest BCUT2D eigenvalue weighted by Gasteiger charge is 2.12. The molecule has 0 heterocycles. The van der Waals surface area contributed by atoms with E-state index in [4.69, 9.17) is 38.4 Å². The normalized spacial score (nSPS) is 10.3. The number of nitrogens with one attached hydrogen (secondary N) is 1. The SMILES string of the molecule is NC(=O)c1ccc(Cl)cc1OCC(=O)Nc1ccc(Oc2ccccc2Cl)cc1. The number of carbonyl (C=O) groups is 2. The summed E-state index contributed by atoms with van der Waals surface area (Å²) in [6.07, 6.45) is 0. The van der Waals surface area contributed by atoms with E-state index in [1.165, 1.54) is 18.2 Å². The molecule has 148 valence electrons. The van der Waals surface area contributed by atoms with Crippen LogP contribution < -0.4 is 20.5 Å². The maximum absolute atomic E-state index is 12.1.